The SMILES string of the molecule is COc1ccc(C)cc1/C=C/CC[C@@H](C)O. The van der Waals surface area contributed by atoms with E-state index in [0.29, 0.717) is 0 Å². The highest BCUT2D eigenvalue weighted by Gasteiger charge is 1.99. The monoisotopic (exact) mass is 220 g/mol. The molecule has 1 N–H and O–H groups in total. The summed E-state index contributed by atoms with van der Waals surface area (Å²) in [5, 5.41) is 9.14. The fourth-order valence-corrected chi connectivity index (χ4v) is 1.53. The quantitative estimate of drug-likeness (QED) is 0.825. The number of benzene rings is 1. The van der Waals surface area contributed by atoms with E-state index in [9.17, 15) is 0 Å². The number of methoxy groups -OCH3 is 1. The summed E-state index contributed by atoms with van der Waals surface area (Å²) in [5.41, 5.74) is 2.31. The van der Waals surface area contributed by atoms with E-state index in [1.54, 1.807) is 14.0 Å². The number of hydrogen-bond donors (Lipinski definition) is 1. The van der Waals surface area contributed by atoms with Crippen LogP contribution in [0.2, 0.25) is 0 Å². The van der Waals surface area contributed by atoms with Crippen LogP contribution in [0.5, 0.6) is 5.75 Å². The highest BCUT2D eigenvalue weighted by molar-refractivity contribution is 5.58. The average Bonchev–Trinajstić information content (AvgIpc) is 2.24. The van der Waals surface area contributed by atoms with Gasteiger partial charge in [-0.3, -0.25) is 0 Å². The zero-order chi connectivity index (χ0) is 12.0. The molecule has 1 aromatic carbocycles. The predicted molar refractivity (Wildman–Crippen MR) is 67.7 cm³/mol. The number of allylic oxidation sites excluding steroid dienone is 1. The lowest BCUT2D eigenvalue weighted by Gasteiger charge is -2.05. The molecule has 88 valence electrons. The van der Waals surface area contributed by atoms with Gasteiger partial charge in [-0.1, -0.05) is 23.8 Å². The lowest BCUT2D eigenvalue weighted by Crippen LogP contribution is -1.96. The van der Waals surface area contributed by atoms with E-state index in [0.717, 1.165) is 24.2 Å². The lowest BCUT2D eigenvalue weighted by atomic mass is 10.1. The van der Waals surface area contributed by atoms with Crippen molar-refractivity contribution >= 4 is 6.08 Å². The maximum atomic E-state index is 9.14. The number of hydrogen-bond acceptors (Lipinski definition) is 2. The molecule has 0 aromatic heterocycles. The molecule has 0 saturated carbocycles. The molecule has 0 aliphatic heterocycles. The van der Waals surface area contributed by atoms with E-state index >= 15 is 0 Å². The van der Waals surface area contributed by atoms with Gasteiger partial charge in [-0.2, -0.15) is 0 Å². The Morgan fingerprint density at radius 1 is 1.44 bits per heavy atom. The van der Waals surface area contributed by atoms with E-state index in [1.807, 2.05) is 18.2 Å². The van der Waals surface area contributed by atoms with Crippen LogP contribution in [0.1, 0.15) is 30.9 Å². The summed E-state index contributed by atoms with van der Waals surface area (Å²) in [4.78, 5) is 0. The Hall–Kier alpha value is -1.28. The number of aliphatic hydroxyl groups excluding tert-OH is 1. The third kappa shape index (κ3) is 4.07. The summed E-state index contributed by atoms with van der Waals surface area (Å²) in [6, 6.07) is 6.10. The molecule has 2 nitrogen and oxygen atoms in total. The van der Waals surface area contributed by atoms with E-state index in [1.165, 1.54) is 5.56 Å². The molecule has 1 rings (SSSR count). The van der Waals surface area contributed by atoms with Crippen molar-refractivity contribution in [3.05, 3.63) is 35.4 Å². The molecule has 0 saturated heterocycles. The highest BCUT2D eigenvalue weighted by Crippen LogP contribution is 2.21. The Labute approximate surface area is 97.6 Å². The van der Waals surface area contributed by atoms with Gasteiger partial charge < -0.3 is 9.84 Å². The van der Waals surface area contributed by atoms with Gasteiger partial charge in [0.2, 0.25) is 0 Å². The molecule has 0 spiro atoms. The van der Waals surface area contributed by atoms with Crippen LogP contribution < -0.4 is 4.74 Å². The molecule has 0 heterocycles. The minimum Gasteiger partial charge on any atom is -0.496 e. The molecule has 0 unspecified atom stereocenters. The fraction of sp³-hybridized carbons (Fsp3) is 0.429. The Bertz CT molecular complexity index is 354. The number of ether oxygens (including phenoxy) is 1. The Morgan fingerprint density at radius 3 is 2.81 bits per heavy atom. The summed E-state index contributed by atoms with van der Waals surface area (Å²) >= 11 is 0. The molecule has 16 heavy (non-hydrogen) atoms. The molecule has 0 aliphatic rings. The molecule has 1 atom stereocenters. The smallest absolute Gasteiger partial charge is 0.126 e. The summed E-state index contributed by atoms with van der Waals surface area (Å²) < 4.78 is 5.28. The van der Waals surface area contributed by atoms with Crippen LogP contribution in [0.15, 0.2) is 24.3 Å². The first-order valence-corrected chi connectivity index (χ1v) is 5.62. The summed E-state index contributed by atoms with van der Waals surface area (Å²) in [5.74, 6) is 0.888. The number of aliphatic hydroxyl groups is 1. The van der Waals surface area contributed by atoms with Crippen LogP contribution in [0.3, 0.4) is 0 Å². The Kier molecular flexibility index (Phi) is 5.06. The van der Waals surface area contributed by atoms with Crippen molar-refractivity contribution in [2.45, 2.75) is 32.8 Å². The fourth-order valence-electron chi connectivity index (χ4n) is 1.53. The van der Waals surface area contributed by atoms with Crippen LogP contribution >= 0.6 is 0 Å². The largest absolute Gasteiger partial charge is 0.496 e. The summed E-state index contributed by atoms with van der Waals surface area (Å²) in [7, 11) is 1.68. The van der Waals surface area contributed by atoms with E-state index in [2.05, 4.69) is 19.1 Å². The standard InChI is InChI=1S/C14H20O2/c1-11-8-9-14(16-3)13(10-11)7-5-4-6-12(2)15/h5,7-10,12,15H,4,6H2,1-3H3/b7-5+/t12-/m1/s1. The van der Waals surface area contributed by atoms with Gasteiger partial charge in [0.1, 0.15) is 5.75 Å². The molecule has 0 fully saturated rings. The molecule has 0 bridgehead atoms. The van der Waals surface area contributed by atoms with Crippen molar-refractivity contribution in [2.75, 3.05) is 7.11 Å². The number of aryl methyl sites for hydroxylation is 1. The van der Waals surface area contributed by atoms with E-state index in [-0.39, 0.29) is 6.10 Å². The lowest BCUT2D eigenvalue weighted by molar-refractivity contribution is 0.186. The summed E-state index contributed by atoms with van der Waals surface area (Å²) in [6.45, 7) is 3.87. The van der Waals surface area contributed by atoms with Gasteiger partial charge in [0.25, 0.3) is 0 Å². The molecule has 2 heteroatoms. The highest BCUT2D eigenvalue weighted by atomic mass is 16.5. The average molecular weight is 220 g/mol. The third-order valence-corrected chi connectivity index (χ3v) is 2.43. The first-order valence-electron chi connectivity index (χ1n) is 5.62. The predicted octanol–water partition coefficient (Wildman–Crippen LogP) is 3.18. The normalized spacial score (nSPS) is 13.0. The van der Waals surface area contributed by atoms with Crippen molar-refractivity contribution in [3.8, 4) is 5.75 Å². The van der Waals surface area contributed by atoms with Gasteiger partial charge in [-0.05, 0) is 38.8 Å². The minimum absolute atomic E-state index is 0.232. The van der Waals surface area contributed by atoms with Gasteiger partial charge >= 0.3 is 0 Å². The van der Waals surface area contributed by atoms with Crippen molar-refractivity contribution in [1.29, 1.82) is 0 Å². The van der Waals surface area contributed by atoms with Crippen LogP contribution in [0.4, 0.5) is 0 Å². The minimum atomic E-state index is -0.232. The first kappa shape index (κ1) is 12.8. The van der Waals surface area contributed by atoms with Gasteiger partial charge in [0, 0.05) is 5.56 Å². The zero-order valence-corrected chi connectivity index (χ0v) is 10.2. The molecular weight excluding hydrogens is 200 g/mol. The molecule has 1 aromatic rings. The van der Waals surface area contributed by atoms with Gasteiger partial charge in [0.15, 0.2) is 0 Å². The molecule has 0 radical (unpaired) electrons. The van der Waals surface area contributed by atoms with E-state index in [4.69, 9.17) is 9.84 Å². The van der Waals surface area contributed by atoms with Crippen LogP contribution in [0, 0.1) is 6.92 Å². The maximum absolute atomic E-state index is 9.14. The first-order chi connectivity index (χ1) is 7.63. The van der Waals surface area contributed by atoms with Crippen LogP contribution in [-0.4, -0.2) is 18.3 Å². The summed E-state index contributed by atoms with van der Waals surface area (Å²) in [6.07, 6.45) is 5.57. The molecule has 0 amide bonds. The second-order valence-electron chi connectivity index (χ2n) is 4.07. The Morgan fingerprint density at radius 2 is 2.19 bits per heavy atom. The van der Waals surface area contributed by atoms with E-state index < -0.39 is 0 Å². The molecular formula is C14H20O2. The van der Waals surface area contributed by atoms with Crippen LogP contribution in [-0.2, 0) is 0 Å². The van der Waals surface area contributed by atoms with Gasteiger partial charge in [-0.25, -0.2) is 0 Å². The van der Waals surface area contributed by atoms with Crippen molar-refractivity contribution in [2.24, 2.45) is 0 Å². The van der Waals surface area contributed by atoms with Crippen molar-refractivity contribution in [1.82, 2.24) is 0 Å². The zero-order valence-electron chi connectivity index (χ0n) is 10.2. The molecule has 0 aliphatic carbocycles. The Balaban J connectivity index is 2.67. The second kappa shape index (κ2) is 6.33. The van der Waals surface area contributed by atoms with Crippen molar-refractivity contribution in [3.63, 3.8) is 0 Å². The third-order valence-electron chi connectivity index (χ3n) is 2.43. The maximum Gasteiger partial charge on any atom is 0.126 e. The van der Waals surface area contributed by atoms with Crippen molar-refractivity contribution < 1.29 is 9.84 Å². The number of rotatable bonds is 5. The van der Waals surface area contributed by atoms with Gasteiger partial charge in [0.05, 0.1) is 13.2 Å². The van der Waals surface area contributed by atoms with Gasteiger partial charge in [-0.15, -0.1) is 0 Å². The second-order valence-corrected chi connectivity index (χ2v) is 4.07. The topological polar surface area (TPSA) is 29.5 Å². The van der Waals surface area contributed by atoms with Crippen LogP contribution in [0.25, 0.3) is 6.08 Å².